The number of pyridine rings is 1. The molecule has 2 aromatic heterocycles. The van der Waals surface area contributed by atoms with E-state index in [0.29, 0.717) is 0 Å². The minimum Gasteiger partial charge on any atom is -0.385 e. The Labute approximate surface area is 657 Å². The quantitative estimate of drug-likeness (QED) is 0.134. The molecule has 0 amide bonds. The summed E-state index contributed by atoms with van der Waals surface area (Å²) >= 11 is 1.71. The third-order valence-corrected chi connectivity index (χ3v) is 11.6. The highest BCUT2D eigenvalue weighted by molar-refractivity contribution is 7.07. The van der Waals surface area contributed by atoms with E-state index in [9.17, 15) is 0 Å². The van der Waals surface area contributed by atoms with Crippen molar-refractivity contribution in [3.8, 4) is 0 Å². The first-order valence-electron chi connectivity index (χ1n) is 40.8. The van der Waals surface area contributed by atoms with Crippen molar-refractivity contribution in [1.29, 1.82) is 0 Å². The van der Waals surface area contributed by atoms with Crippen molar-refractivity contribution < 1.29 is 4.74 Å². The van der Waals surface area contributed by atoms with E-state index in [1.807, 2.05) is 303 Å². The number of aromatic nitrogens is 1. The minimum absolute atomic E-state index is 0.931. The molecule has 0 bridgehead atoms. The van der Waals surface area contributed by atoms with Crippen LogP contribution in [0.3, 0.4) is 0 Å². The molecule has 0 saturated carbocycles. The van der Waals surface area contributed by atoms with Gasteiger partial charge in [0, 0.05) is 26.1 Å². The summed E-state index contributed by atoms with van der Waals surface area (Å²) in [5.41, 5.74) is 9.25. The molecule has 0 atom stereocenters. The molecule has 10 aromatic rings. The summed E-state index contributed by atoms with van der Waals surface area (Å²) < 4.78 is 4.89. The van der Waals surface area contributed by atoms with Gasteiger partial charge in [0.25, 0.3) is 0 Å². The summed E-state index contributed by atoms with van der Waals surface area (Å²) in [5, 5.41) is 6.73. The molecule has 2 nitrogen and oxygen atoms in total. The Kier molecular flexibility index (Phi) is 165. The maximum absolute atomic E-state index is 4.89. The fraction of sp³-hybridized carbons (Fsp3) is 0.455. The van der Waals surface area contributed by atoms with E-state index >= 15 is 0 Å². The van der Waals surface area contributed by atoms with Gasteiger partial charge in [0.2, 0.25) is 0 Å². The first-order valence-corrected chi connectivity index (χ1v) is 41.8. The Morgan fingerprint density at radius 3 is 0.635 bits per heavy atom. The lowest BCUT2D eigenvalue weighted by Crippen LogP contribution is -1.86. The van der Waals surface area contributed by atoms with Gasteiger partial charge in [-0.15, -0.1) is 0 Å². The minimum atomic E-state index is 0.931. The van der Waals surface area contributed by atoms with Crippen molar-refractivity contribution in [2.75, 3.05) is 13.7 Å². The fourth-order valence-electron chi connectivity index (χ4n) is 6.40. The second-order valence-electron chi connectivity index (χ2n) is 19.4. The molecule has 2 heterocycles. The Morgan fingerprint density at radius 2 is 0.462 bits per heavy atom. The zero-order chi connectivity index (χ0) is 82.6. The lowest BCUT2D eigenvalue weighted by molar-refractivity contribution is 0.192. The summed E-state index contributed by atoms with van der Waals surface area (Å²) in [6, 6.07) is 86.2. The number of hydrogen-bond donors (Lipinski definition) is 0. The standard InChI is InChI=1S/C11H10.C7H16O.6C7H8.C7H16.C5H5N.C4H4S.C3H8.11C2H6/c1-9-6-7-10-4-2-3-5-11(10)8-9;1-3-4-5-6-7-8-2;6*1-7-5-3-2-4-6-7;1-3-5-7-6-4-2;1-2-4-6-5-3-1;1-2-4-5-3-1;1-3-2;11*1-2/h2-8H,1H3;3-7H2,1-2H3;6*2-6H,1H3;3-7H2,1-2H3;1-5H;1-4H;3H2,1-2H3;11*1-2H3. The number of fused-ring (bicyclic) bond motifs is 1. The van der Waals surface area contributed by atoms with Gasteiger partial charge in [0.05, 0.1) is 0 Å². The van der Waals surface area contributed by atoms with Crippen LogP contribution in [0.15, 0.2) is 278 Å². The first-order chi connectivity index (χ1) is 51.0. The van der Waals surface area contributed by atoms with Gasteiger partial charge >= 0.3 is 0 Å². The van der Waals surface area contributed by atoms with E-state index in [1.54, 1.807) is 30.8 Å². The molecule has 0 saturated heterocycles. The second kappa shape index (κ2) is 135. The Morgan fingerprint density at radius 1 is 0.240 bits per heavy atom. The van der Waals surface area contributed by atoms with E-state index in [0.717, 1.165) is 6.61 Å². The van der Waals surface area contributed by atoms with Crippen LogP contribution >= 0.6 is 11.3 Å². The first kappa shape index (κ1) is 127. The number of ether oxygens (including phenoxy) is 1. The SMILES string of the molecule is CC.CC.CC.CC.CC.CC.CC.CC.CC.CC.CC.CCC.CCCCCCC.CCCCCCOC.Cc1ccc2ccccc2c1.Cc1ccccc1.Cc1ccccc1.Cc1ccccc1.Cc1ccccc1.Cc1ccccc1.Cc1ccccc1.c1ccncc1.c1ccsc1. The number of aryl methyl sites for hydroxylation is 7. The third kappa shape index (κ3) is 128. The Hall–Kier alpha value is -7.17. The van der Waals surface area contributed by atoms with E-state index in [-0.39, 0.29) is 0 Å². The van der Waals surface area contributed by atoms with Crippen molar-refractivity contribution in [2.24, 2.45) is 0 Å². The van der Waals surface area contributed by atoms with Gasteiger partial charge in [-0.2, -0.15) is 11.3 Å². The zero-order valence-electron chi connectivity index (χ0n) is 75.1. The van der Waals surface area contributed by atoms with Crippen molar-refractivity contribution in [2.45, 2.75) is 300 Å². The molecule has 0 aliphatic rings. The number of nitrogens with zero attached hydrogens (tertiary/aromatic N) is 1. The van der Waals surface area contributed by atoms with Gasteiger partial charge in [-0.3, -0.25) is 4.98 Å². The molecule has 0 aliphatic heterocycles. The highest BCUT2D eigenvalue weighted by atomic mass is 32.1. The topological polar surface area (TPSA) is 22.1 Å². The van der Waals surface area contributed by atoms with Crippen LogP contribution < -0.4 is 0 Å². The maximum atomic E-state index is 4.89. The van der Waals surface area contributed by atoms with Gasteiger partial charge < -0.3 is 4.74 Å². The summed E-state index contributed by atoms with van der Waals surface area (Å²) in [7, 11) is 1.76. The lowest BCUT2D eigenvalue weighted by atomic mass is 10.1. The van der Waals surface area contributed by atoms with Crippen LogP contribution in [0.4, 0.5) is 0 Å². The van der Waals surface area contributed by atoms with E-state index in [2.05, 4.69) is 203 Å². The number of unbranched alkanes of at least 4 members (excludes halogenated alkanes) is 7. The van der Waals surface area contributed by atoms with Gasteiger partial charge in [0.1, 0.15) is 0 Å². The molecule has 0 N–H and O–H groups in total. The number of hydrogen-bond acceptors (Lipinski definition) is 3. The monoisotopic (exact) mass is 1450 g/mol. The van der Waals surface area contributed by atoms with Crippen molar-refractivity contribution in [3.05, 3.63) is 317 Å². The largest absolute Gasteiger partial charge is 0.385 e. The molecular formula is C101H173NOS. The predicted octanol–water partition coefficient (Wildman–Crippen LogP) is 35.8. The summed E-state index contributed by atoms with van der Waals surface area (Å²) in [6.07, 6.45) is 17.0. The van der Waals surface area contributed by atoms with Crippen LogP contribution in [0, 0.1) is 48.5 Å². The molecule has 104 heavy (non-hydrogen) atoms. The molecule has 0 spiro atoms. The molecule has 3 heteroatoms. The number of methoxy groups -OCH3 is 1. The van der Waals surface area contributed by atoms with Crippen LogP contribution in [0.1, 0.15) is 290 Å². The lowest BCUT2D eigenvalue weighted by Gasteiger charge is -1.96. The molecule has 0 aliphatic carbocycles. The zero-order valence-corrected chi connectivity index (χ0v) is 75.9. The normalized spacial score (nSPS) is 7.64. The number of thiophene rings is 1. The van der Waals surface area contributed by atoms with Crippen LogP contribution in [-0.2, 0) is 4.74 Å². The van der Waals surface area contributed by atoms with E-state index < -0.39 is 0 Å². The van der Waals surface area contributed by atoms with Crippen molar-refractivity contribution in [3.63, 3.8) is 0 Å². The highest BCUT2D eigenvalue weighted by Crippen LogP contribution is 2.14. The summed E-state index contributed by atoms with van der Waals surface area (Å²) in [4.78, 5) is 3.78. The van der Waals surface area contributed by atoms with Crippen molar-refractivity contribution >= 4 is 22.1 Å². The smallest absolute Gasteiger partial charge is 0.0462 e. The predicted molar refractivity (Wildman–Crippen MR) is 496 cm³/mol. The molecular weight excluding hydrogens is 1280 g/mol. The molecule has 0 unspecified atom stereocenters. The number of benzene rings is 8. The molecule has 0 fully saturated rings. The molecule has 10 rings (SSSR count). The van der Waals surface area contributed by atoms with Crippen LogP contribution in [0.5, 0.6) is 0 Å². The van der Waals surface area contributed by atoms with Crippen molar-refractivity contribution in [1.82, 2.24) is 4.98 Å². The molecule has 594 valence electrons. The van der Waals surface area contributed by atoms with Crippen LogP contribution in [-0.4, -0.2) is 18.7 Å². The molecule has 0 radical (unpaired) electrons. The average molecular weight is 1450 g/mol. The summed E-state index contributed by atoms with van der Waals surface area (Å²) in [5.74, 6) is 0. The van der Waals surface area contributed by atoms with Crippen LogP contribution in [0.25, 0.3) is 10.8 Å². The Balaban J connectivity index is -0.0000000774. The number of rotatable bonds is 9. The average Bonchev–Trinajstić information content (AvgIpc) is 0.905. The van der Waals surface area contributed by atoms with E-state index in [1.165, 1.54) is 114 Å². The highest BCUT2D eigenvalue weighted by Gasteiger charge is 1.90. The van der Waals surface area contributed by atoms with Gasteiger partial charge in [0.15, 0.2) is 0 Å². The summed E-state index contributed by atoms with van der Waals surface area (Å²) in [6.45, 7) is 70.5. The maximum Gasteiger partial charge on any atom is 0.0462 e. The van der Waals surface area contributed by atoms with Gasteiger partial charge in [-0.05, 0) is 88.6 Å². The van der Waals surface area contributed by atoms with Gasteiger partial charge in [-0.1, -0.05) is 526 Å². The van der Waals surface area contributed by atoms with Crippen LogP contribution in [0.2, 0.25) is 0 Å². The fourth-order valence-corrected chi connectivity index (χ4v) is 6.86. The second-order valence-corrected chi connectivity index (χ2v) is 20.2. The van der Waals surface area contributed by atoms with Gasteiger partial charge in [-0.25, -0.2) is 0 Å². The Bertz CT molecular complexity index is 2340. The van der Waals surface area contributed by atoms with E-state index in [4.69, 9.17) is 4.74 Å². The third-order valence-electron chi connectivity index (χ3n) is 10.9. The molecule has 8 aromatic carbocycles.